The molecule has 1 fully saturated rings. The highest BCUT2D eigenvalue weighted by atomic mass is 35.5. The van der Waals surface area contributed by atoms with E-state index in [0.29, 0.717) is 19.5 Å². The smallest absolute Gasteiger partial charge is 0.222 e. The van der Waals surface area contributed by atoms with Gasteiger partial charge in [0.1, 0.15) is 0 Å². The number of aryl methyl sites for hydroxylation is 1. The van der Waals surface area contributed by atoms with Gasteiger partial charge < -0.3 is 15.8 Å². The minimum Gasteiger partial charge on any atom is -0.380 e. The second-order valence-electron chi connectivity index (χ2n) is 6.78. The average molecular weight is 355 g/mol. The lowest BCUT2D eigenvalue weighted by molar-refractivity contribution is -0.123. The highest BCUT2D eigenvalue weighted by Crippen LogP contribution is 2.39. The van der Waals surface area contributed by atoms with E-state index in [0.717, 1.165) is 12.8 Å². The van der Waals surface area contributed by atoms with Crippen LogP contribution < -0.4 is 11.1 Å². The Labute approximate surface area is 151 Å². The summed E-state index contributed by atoms with van der Waals surface area (Å²) in [4.78, 5) is 12.2. The third-order valence-corrected chi connectivity index (χ3v) is 5.07. The zero-order valence-corrected chi connectivity index (χ0v) is 15.7. The van der Waals surface area contributed by atoms with E-state index in [-0.39, 0.29) is 29.8 Å². The maximum atomic E-state index is 12.2. The van der Waals surface area contributed by atoms with E-state index >= 15 is 0 Å². The quantitative estimate of drug-likeness (QED) is 0.790. The Bertz CT molecular complexity index is 512. The molecule has 4 nitrogen and oxygen atoms in total. The Kier molecular flexibility index (Phi) is 8.74. The number of hydrogen-bond donors (Lipinski definition) is 2. The number of benzene rings is 1. The Morgan fingerprint density at radius 2 is 2.04 bits per heavy atom. The molecule has 1 atom stereocenters. The van der Waals surface area contributed by atoms with Crippen LogP contribution in [-0.4, -0.2) is 32.2 Å². The average Bonchev–Trinajstić information content (AvgIpc) is 2.58. The molecule has 1 amide bonds. The van der Waals surface area contributed by atoms with Crippen LogP contribution in [0.1, 0.15) is 49.7 Å². The fourth-order valence-electron chi connectivity index (χ4n) is 3.58. The van der Waals surface area contributed by atoms with Gasteiger partial charge in [-0.15, -0.1) is 12.4 Å². The Balaban J connectivity index is 0.00000288. The van der Waals surface area contributed by atoms with Gasteiger partial charge in [-0.1, -0.05) is 49.1 Å². The molecule has 0 bridgehead atoms. The van der Waals surface area contributed by atoms with Gasteiger partial charge in [-0.05, 0) is 25.3 Å². The maximum Gasteiger partial charge on any atom is 0.222 e. The molecule has 1 aromatic rings. The summed E-state index contributed by atoms with van der Waals surface area (Å²) in [6.07, 6.45) is 6.16. The van der Waals surface area contributed by atoms with E-state index < -0.39 is 0 Å². The van der Waals surface area contributed by atoms with E-state index in [4.69, 9.17) is 10.5 Å². The lowest BCUT2D eigenvalue weighted by Gasteiger charge is -2.38. The first-order valence-electron chi connectivity index (χ1n) is 8.66. The summed E-state index contributed by atoms with van der Waals surface area (Å²) in [6.45, 7) is 3.20. The van der Waals surface area contributed by atoms with Gasteiger partial charge in [0.05, 0.1) is 12.5 Å². The Morgan fingerprint density at radius 1 is 1.33 bits per heavy atom. The van der Waals surface area contributed by atoms with Crippen LogP contribution in [-0.2, 0) is 14.9 Å². The molecule has 1 aliphatic rings. The number of amides is 1. The first kappa shape index (κ1) is 20.9. The van der Waals surface area contributed by atoms with E-state index in [1.807, 2.05) is 0 Å². The number of carbonyl (C=O) groups excluding carboxylic acids is 1. The van der Waals surface area contributed by atoms with Crippen molar-refractivity contribution in [1.82, 2.24) is 5.32 Å². The topological polar surface area (TPSA) is 64.3 Å². The number of methoxy groups -OCH3 is 1. The van der Waals surface area contributed by atoms with Gasteiger partial charge in [-0.25, -0.2) is 0 Å². The first-order valence-corrected chi connectivity index (χ1v) is 8.66. The highest BCUT2D eigenvalue weighted by Gasteiger charge is 2.34. The van der Waals surface area contributed by atoms with Crippen molar-refractivity contribution in [3.05, 3.63) is 35.4 Å². The minimum absolute atomic E-state index is 0. The van der Waals surface area contributed by atoms with Crippen LogP contribution in [0, 0.1) is 6.92 Å². The van der Waals surface area contributed by atoms with Crippen molar-refractivity contribution in [2.24, 2.45) is 5.73 Å². The Hall–Kier alpha value is -1.10. The van der Waals surface area contributed by atoms with E-state index in [2.05, 4.69) is 36.5 Å². The number of nitrogens with two attached hydrogens (primary N) is 1. The van der Waals surface area contributed by atoms with Gasteiger partial charge in [0.2, 0.25) is 5.91 Å². The molecule has 1 saturated carbocycles. The van der Waals surface area contributed by atoms with Crippen LogP contribution in [0.25, 0.3) is 0 Å². The van der Waals surface area contributed by atoms with Crippen molar-refractivity contribution in [2.45, 2.75) is 57.0 Å². The molecule has 0 spiro atoms. The van der Waals surface area contributed by atoms with E-state index in [9.17, 15) is 4.79 Å². The van der Waals surface area contributed by atoms with Crippen LogP contribution in [0.15, 0.2) is 24.3 Å². The van der Waals surface area contributed by atoms with Crippen LogP contribution in [0.4, 0.5) is 0 Å². The SMILES string of the molecule is COC(CN)CC(=O)NCC1(c2cccc(C)c2)CCCCC1.Cl. The number of ether oxygens (including phenoxy) is 1. The number of halogens is 1. The zero-order chi connectivity index (χ0) is 16.7. The molecule has 0 aromatic heterocycles. The van der Waals surface area contributed by atoms with Crippen molar-refractivity contribution < 1.29 is 9.53 Å². The summed E-state index contributed by atoms with van der Waals surface area (Å²) in [5, 5.41) is 3.14. The molecule has 3 N–H and O–H groups in total. The van der Waals surface area contributed by atoms with Crippen LogP contribution in [0.2, 0.25) is 0 Å². The van der Waals surface area contributed by atoms with Crippen molar-refractivity contribution >= 4 is 18.3 Å². The molecule has 0 heterocycles. The number of carbonyl (C=O) groups is 1. The molecule has 5 heteroatoms. The molecule has 1 aromatic carbocycles. The van der Waals surface area contributed by atoms with Gasteiger partial charge in [0, 0.05) is 25.6 Å². The summed E-state index contributed by atoms with van der Waals surface area (Å²) in [5.41, 5.74) is 8.31. The normalized spacial score (nSPS) is 17.6. The van der Waals surface area contributed by atoms with Gasteiger partial charge in [0.15, 0.2) is 0 Å². The van der Waals surface area contributed by atoms with Crippen LogP contribution in [0.5, 0.6) is 0 Å². The molecule has 1 unspecified atom stereocenters. The summed E-state index contributed by atoms with van der Waals surface area (Å²) >= 11 is 0. The van der Waals surface area contributed by atoms with Crippen molar-refractivity contribution in [2.75, 3.05) is 20.2 Å². The fourth-order valence-corrected chi connectivity index (χ4v) is 3.58. The largest absolute Gasteiger partial charge is 0.380 e. The summed E-state index contributed by atoms with van der Waals surface area (Å²) < 4.78 is 5.20. The Morgan fingerprint density at radius 3 is 2.62 bits per heavy atom. The second kappa shape index (κ2) is 10.0. The van der Waals surface area contributed by atoms with Gasteiger partial charge >= 0.3 is 0 Å². The van der Waals surface area contributed by atoms with Crippen molar-refractivity contribution in [3.63, 3.8) is 0 Å². The van der Waals surface area contributed by atoms with Crippen molar-refractivity contribution in [1.29, 1.82) is 0 Å². The number of nitrogens with one attached hydrogen (secondary N) is 1. The highest BCUT2D eigenvalue weighted by molar-refractivity contribution is 5.85. The molecular weight excluding hydrogens is 324 g/mol. The van der Waals surface area contributed by atoms with Gasteiger partial charge in [0.25, 0.3) is 0 Å². The lowest BCUT2D eigenvalue weighted by atomic mass is 9.69. The molecule has 1 aliphatic carbocycles. The molecule has 0 saturated heterocycles. The molecule has 0 radical (unpaired) electrons. The number of hydrogen-bond acceptors (Lipinski definition) is 3. The maximum absolute atomic E-state index is 12.2. The predicted octanol–water partition coefficient (Wildman–Crippen LogP) is 3.10. The fraction of sp³-hybridized carbons (Fsp3) is 0.632. The summed E-state index contributed by atoms with van der Waals surface area (Å²) in [6, 6.07) is 8.74. The van der Waals surface area contributed by atoms with Gasteiger partial charge in [-0.3, -0.25) is 4.79 Å². The molecular formula is C19H31ClN2O2. The third-order valence-electron chi connectivity index (χ3n) is 5.07. The summed E-state index contributed by atoms with van der Waals surface area (Å²) in [7, 11) is 1.60. The lowest BCUT2D eigenvalue weighted by Crippen LogP contribution is -2.43. The monoisotopic (exact) mass is 354 g/mol. The first-order chi connectivity index (χ1) is 11.1. The zero-order valence-electron chi connectivity index (χ0n) is 14.8. The van der Waals surface area contributed by atoms with E-state index in [1.54, 1.807) is 7.11 Å². The second-order valence-corrected chi connectivity index (χ2v) is 6.78. The third kappa shape index (κ3) is 5.47. The molecule has 2 rings (SSSR count). The van der Waals surface area contributed by atoms with Gasteiger partial charge in [-0.2, -0.15) is 0 Å². The van der Waals surface area contributed by atoms with Crippen molar-refractivity contribution in [3.8, 4) is 0 Å². The molecule has 24 heavy (non-hydrogen) atoms. The standard InChI is InChI=1S/C19H30N2O2.ClH/c1-15-7-6-8-16(11-15)19(9-4-3-5-10-19)14-21-18(22)12-17(13-20)23-2;/h6-8,11,17H,3-5,9-10,12-14,20H2,1-2H3,(H,21,22);1H. The van der Waals surface area contributed by atoms with Crippen LogP contribution in [0.3, 0.4) is 0 Å². The minimum atomic E-state index is -0.198. The molecule has 0 aliphatic heterocycles. The predicted molar refractivity (Wildman–Crippen MR) is 101 cm³/mol. The van der Waals surface area contributed by atoms with E-state index in [1.165, 1.54) is 30.4 Å². The number of rotatable bonds is 7. The molecule has 136 valence electrons. The summed E-state index contributed by atoms with van der Waals surface area (Å²) in [5.74, 6) is 0.0277. The van der Waals surface area contributed by atoms with Crippen LogP contribution >= 0.6 is 12.4 Å².